The van der Waals surface area contributed by atoms with E-state index in [4.69, 9.17) is 4.74 Å². The van der Waals surface area contributed by atoms with E-state index < -0.39 is 0 Å². The van der Waals surface area contributed by atoms with E-state index in [1.54, 1.807) is 7.11 Å². The summed E-state index contributed by atoms with van der Waals surface area (Å²) in [5, 5.41) is 9.08. The molecule has 0 spiro atoms. The number of carbonyl (C=O) groups is 2. The van der Waals surface area contributed by atoms with E-state index in [1.165, 1.54) is 19.3 Å². The number of carbonyl (C=O) groups excluding carboxylic acids is 2. The number of hydrogen-bond acceptors (Lipinski definition) is 4. The van der Waals surface area contributed by atoms with Crippen molar-refractivity contribution >= 4 is 29.1 Å². The lowest BCUT2D eigenvalue weighted by Gasteiger charge is -2.36. The molecule has 2 aromatic carbocycles. The lowest BCUT2D eigenvalue weighted by molar-refractivity contribution is 0.168. The minimum Gasteiger partial charge on any atom is -0.495 e. The lowest BCUT2D eigenvalue weighted by Crippen LogP contribution is -2.51. The predicted molar refractivity (Wildman–Crippen MR) is 150 cm³/mol. The Morgan fingerprint density at radius 3 is 2.32 bits per heavy atom. The van der Waals surface area contributed by atoms with Gasteiger partial charge >= 0.3 is 12.1 Å². The summed E-state index contributed by atoms with van der Waals surface area (Å²) in [4.78, 5) is 29.9. The van der Waals surface area contributed by atoms with Crippen LogP contribution in [0.25, 0.3) is 0 Å². The van der Waals surface area contributed by atoms with Crippen LogP contribution in [0.5, 0.6) is 5.75 Å². The molecular formula is C29H41N5O3. The van der Waals surface area contributed by atoms with Crippen LogP contribution in [0.3, 0.4) is 0 Å². The summed E-state index contributed by atoms with van der Waals surface area (Å²) < 4.78 is 5.34. The van der Waals surface area contributed by atoms with Gasteiger partial charge in [0, 0.05) is 43.6 Å². The molecule has 2 aliphatic rings. The number of aryl methyl sites for hydroxylation is 1. The second-order valence-electron chi connectivity index (χ2n) is 10.5. The van der Waals surface area contributed by atoms with E-state index in [2.05, 4.69) is 34.7 Å². The fourth-order valence-corrected chi connectivity index (χ4v) is 5.54. The highest BCUT2D eigenvalue weighted by atomic mass is 16.5. The van der Waals surface area contributed by atoms with Gasteiger partial charge in [0.2, 0.25) is 0 Å². The number of anilines is 3. The molecule has 2 aromatic rings. The molecule has 1 heterocycles. The summed E-state index contributed by atoms with van der Waals surface area (Å²) in [7, 11) is 1.58. The summed E-state index contributed by atoms with van der Waals surface area (Å²) in [6.07, 6.45) is 4.56. The number of hydrogen-bond donors (Lipinski definition) is 3. The smallest absolute Gasteiger partial charge is 0.323 e. The second kappa shape index (κ2) is 12.2. The highest BCUT2D eigenvalue weighted by Crippen LogP contribution is 2.29. The number of urea groups is 2. The van der Waals surface area contributed by atoms with Crippen LogP contribution in [0, 0.1) is 18.8 Å². The Bertz CT molecular complexity index is 1060. The molecule has 0 aromatic heterocycles. The van der Waals surface area contributed by atoms with E-state index in [1.807, 2.05) is 54.3 Å². The molecular weight excluding hydrogens is 466 g/mol. The van der Waals surface area contributed by atoms with Gasteiger partial charge in [0.15, 0.2) is 0 Å². The Hall–Kier alpha value is -3.42. The van der Waals surface area contributed by atoms with Gasteiger partial charge in [-0.2, -0.15) is 0 Å². The summed E-state index contributed by atoms with van der Waals surface area (Å²) in [6, 6.07) is 13.5. The van der Waals surface area contributed by atoms with Crippen LogP contribution in [0.1, 0.15) is 45.1 Å². The Kier molecular flexibility index (Phi) is 8.79. The second-order valence-corrected chi connectivity index (χ2v) is 10.5. The van der Waals surface area contributed by atoms with Gasteiger partial charge in [-0.3, -0.25) is 0 Å². The van der Waals surface area contributed by atoms with E-state index in [9.17, 15) is 9.59 Å². The number of benzene rings is 2. The van der Waals surface area contributed by atoms with Gasteiger partial charge in [-0.05, 0) is 80.0 Å². The Balaban J connectivity index is 1.29. The normalized spacial score (nSPS) is 22.1. The van der Waals surface area contributed by atoms with Crippen molar-refractivity contribution in [3.05, 3.63) is 48.0 Å². The SMILES string of the molecule is COc1ccc(C)cc1NC(=O)Nc1ccc(N2CCCN(C(=O)NC3C(C)CCCC3C)CC2)cc1. The van der Waals surface area contributed by atoms with Crippen LogP contribution in [-0.4, -0.2) is 56.3 Å². The van der Waals surface area contributed by atoms with Crippen molar-refractivity contribution in [3.63, 3.8) is 0 Å². The largest absolute Gasteiger partial charge is 0.495 e. The van der Waals surface area contributed by atoms with Gasteiger partial charge in [-0.25, -0.2) is 9.59 Å². The van der Waals surface area contributed by atoms with Crippen molar-refractivity contribution in [3.8, 4) is 5.75 Å². The molecule has 2 unspecified atom stereocenters. The van der Waals surface area contributed by atoms with Gasteiger partial charge in [0.1, 0.15) is 5.75 Å². The molecule has 8 nitrogen and oxygen atoms in total. The molecule has 2 atom stereocenters. The Morgan fingerprint density at radius 2 is 1.62 bits per heavy atom. The molecule has 0 radical (unpaired) electrons. The van der Waals surface area contributed by atoms with Crippen LogP contribution in [-0.2, 0) is 0 Å². The average molecular weight is 508 g/mol. The number of nitrogens with one attached hydrogen (secondary N) is 3. The molecule has 2 fully saturated rings. The van der Waals surface area contributed by atoms with Gasteiger partial charge in [0.25, 0.3) is 0 Å². The van der Waals surface area contributed by atoms with Crippen LogP contribution in [0.4, 0.5) is 26.7 Å². The fourth-order valence-electron chi connectivity index (χ4n) is 5.54. The minimum atomic E-state index is -0.324. The quantitative estimate of drug-likeness (QED) is 0.485. The standard InChI is InChI=1S/C29H41N5O3/c1-20-9-14-26(37-4)25(19-20)31-28(35)30-23-10-12-24(13-11-23)33-15-6-16-34(18-17-33)29(36)32-27-21(2)7-5-8-22(27)3/h9-14,19,21-22,27H,5-8,15-18H2,1-4H3,(H,32,36)(H2,30,31,35). The number of amides is 4. The first kappa shape index (κ1) is 26.6. The maximum atomic E-state index is 13.0. The number of methoxy groups -OCH3 is 1. The molecule has 4 rings (SSSR count). The third-order valence-electron chi connectivity index (χ3n) is 7.71. The van der Waals surface area contributed by atoms with Gasteiger partial charge in [-0.15, -0.1) is 0 Å². The van der Waals surface area contributed by atoms with E-state index in [0.717, 1.165) is 37.3 Å². The first-order valence-corrected chi connectivity index (χ1v) is 13.5. The topological polar surface area (TPSA) is 85.9 Å². The van der Waals surface area contributed by atoms with Crippen molar-refractivity contribution in [1.82, 2.24) is 10.2 Å². The molecule has 3 N–H and O–H groups in total. The van der Waals surface area contributed by atoms with Crippen molar-refractivity contribution < 1.29 is 14.3 Å². The molecule has 8 heteroatoms. The van der Waals surface area contributed by atoms with Crippen molar-refractivity contribution in [2.24, 2.45) is 11.8 Å². The van der Waals surface area contributed by atoms with Crippen molar-refractivity contribution in [2.75, 3.05) is 48.8 Å². The maximum absolute atomic E-state index is 13.0. The zero-order chi connectivity index (χ0) is 26.4. The fraction of sp³-hybridized carbons (Fsp3) is 0.517. The van der Waals surface area contributed by atoms with Gasteiger partial charge < -0.3 is 30.5 Å². The zero-order valence-electron chi connectivity index (χ0n) is 22.5. The van der Waals surface area contributed by atoms with E-state index in [-0.39, 0.29) is 18.1 Å². The number of rotatable bonds is 5. The third kappa shape index (κ3) is 6.87. The molecule has 1 saturated carbocycles. The van der Waals surface area contributed by atoms with E-state index in [0.29, 0.717) is 35.5 Å². The molecule has 1 aliphatic carbocycles. The van der Waals surface area contributed by atoms with Crippen LogP contribution >= 0.6 is 0 Å². The van der Waals surface area contributed by atoms with Crippen LogP contribution in [0.2, 0.25) is 0 Å². The monoisotopic (exact) mass is 507 g/mol. The molecule has 1 saturated heterocycles. The van der Waals surface area contributed by atoms with Crippen molar-refractivity contribution in [2.45, 2.75) is 52.5 Å². The lowest BCUT2D eigenvalue weighted by atomic mass is 9.79. The Morgan fingerprint density at radius 1 is 0.892 bits per heavy atom. The molecule has 37 heavy (non-hydrogen) atoms. The third-order valence-corrected chi connectivity index (χ3v) is 7.71. The highest BCUT2D eigenvalue weighted by molar-refractivity contribution is 6.00. The first-order chi connectivity index (χ1) is 17.8. The number of ether oxygens (including phenoxy) is 1. The highest BCUT2D eigenvalue weighted by Gasteiger charge is 2.30. The molecule has 0 bridgehead atoms. The van der Waals surface area contributed by atoms with E-state index >= 15 is 0 Å². The van der Waals surface area contributed by atoms with Crippen molar-refractivity contribution in [1.29, 1.82) is 0 Å². The van der Waals surface area contributed by atoms with Gasteiger partial charge in [-0.1, -0.05) is 26.3 Å². The van der Waals surface area contributed by atoms with Crippen LogP contribution in [0.15, 0.2) is 42.5 Å². The van der Waals surface area contributed by atoms with Gasteiger partial charge in [0.05, 0.1) is 12.8 Å². The number of nitrogens with zero attached hydrogens (tertiary/aromatic N) is 2. The molecule has 1 aliphatic heterocycles. The summed E-state index contributed by atoms with van der Waals surface area (Å²) in [6.45, 7) is 9.61. The molecule has 200 valence electrons. The summed E-state index contributed by atoms with van der Waals surface area (Å²) >= 11 is 0. The predicted octanol–water partition coefficient (Wildman–Crippen LogP) is 5.69. The maximum Gasteiger partial charge on any atom is 0.323 e. The summed E-state index contributed by atoms with van der Waals surface area (Å²) in [5.41, 5.74) is 3.46. The van der Waals surface area contributed by atoms with Crippen LogP contribution < -0.4 is 25.6 Å². The molecule has 4 amide bonds. The zero-order valence-corrected chi connectivity index (χ0v) is 22.5. The first-order valence-electron chi connectivity index (χ1n) is 13.5. The minimum absolute atomic E-state index is 0.0725. The summed E-state index contributed by atoms with van der Waals surface area (Å²) in [5.74, 6) is 1.68. The Labute approximate surface area is 220 Å². The average Bonchev–Trinajstić information content (AvgIpc) is 3.13.